The minimum atomic E-state index is -3.85. The highest BCUT2D eigenvalue weighted by molar-refractivity contribution is 14.0. The van der Waals surface area contributed by atoms with Crippen molar-refractivity contribution >= 4 is 56.5 Å². The molecule has 3 aromatic rings. The predicted octanol–water partition coefficient (Wildman–Crippen LogP) is 2.38. The molecule has 0 atom stereocenters. The molecule has 4 N–H and O–H groups in total. The summed E-state index contributed by atoms with van der Waals surface area (Å²) in [5.74, 6) is 0.550. The van der Waals surface area contributed by atoms with E-state index in [4.69, 9.17) is 0 Å². The van der Waals surface area contributed by atoms with Crippen LogP contribution in [0.3, 0.4) is 0 Å². The lowest BCUT2D eigenvalue weighted by molar-refractivity contribution is -0.385. The summed E-state index contributed by atoms with van der Waals surface area (Å²) in [4.78, 5) is 17.4. The van der Waals surface area contributed by atoms with Crippen LogP contribution < -0.4 is 15.4 Å². The van der Waals surface area contributed by atoms with E-state index < -0.39 is 14.9 Å². The Bertz CT molecular complexity index is 1200. The number of hydrogen-bond donors (Lipinski definition) is 4. The van der Waals surface area contributed by atoms with Crippen molar-refractivity contribution < 1.29 is 13.3 Å². The molecule has 2 aromatic carbocycles. The Hall–Kier alpha value is -2.71. The van der Waals surface area contributed by atoms with Gasteiger partial charge in [0, 0.05) is 55.9 Å². The number of guanidine groups is 1. The standard InChI is InChI=1S/C20H24N6O4S.HI/c1-21-20(22-10-9-15-14-24-19-8-3-2-7-18(15)19)23-11-12-25-31(29,30)17-6-4-5-16(13-17)26(27)28;/h2-8,13-14,24-25H,9-12H2,1H3,(H2,21,22,23);1H. The quantitative estimate of drug-likeness (QED) is 0.0775. The minimum absolute atomic E-state index is 0. The van der Waals surface area contributed by atoms with Crippen LogP contribution >= 0.6 is 24.0 Å². The number of hydrogen-bond acceptors (Lipinski definition) is 5. The summed E-state index contributed by atoms with van der Waals surface area (Å²) in [6.07, 6.45) is 2.79. The zero-order valence-corrected chi connectivity index (χ0v) is 20.5. The number of non-ortho nitro benzene ring substituents is 1. The topological polar surface area (TPSA) is 142 Å². The van der Waals surface area contributed by atoms with Crippen LogP contribution in [0.15, 0.2) is 64.6 Å². The Balaban J connectivity index is 0.00000363. The number of halogens is 1. The fourth-order valence-corrected chi connectivity index (χ4v) is 4.16. The average Bonchev–Trinajstić information content (AvgIpc) is 3.18. The first-order valence-corrected chi connectivity index (χ1v) is 11.1. The fraction of sp³-hybridized carbons (Fsp3) is 0.250. The normalized spacial score (nSPS) is 11.7. The van der Waals surface area contributed by atoms with Gasteiger partial charge in [-0.15, -0.1) is 24.0 Å². The number of benzene rings is 2. The molecule has 10 nitrogen and oxygen atoms in total. The van der Waals surface area contributed by atoms with E-state index in [2.05, 4.69) is 31.4 Å². The first-order chi connectivity index (χ1) is 14.9. The number of aliphatic imine (C=N–C) groups is 1. The first-order valence-electron chi connectivity index (χ1n) is 9.64. The van der Waals surface area contributed by atoms with Crippen LogP contribution in [0.4, 0.5) is 5.69 Å². The van der Waals surface area contributed by atoms with Gasteiger partial charge < -0.3 is 15.6 Å². The maximum Gasteiger partial charge on any atom is 0.270 e. The predicted molar refractivity (Wildman–Crippen MR) is 135 cm³/mol. The van der Waals surface area contributed by atoms with E-state index in [1.807, 2.05) is 24.4 Å². The van der Waals surface area contributed by atoms with Crippen LogP contribution in [0.25, 0.3) is 10.9 Å². The molecule has 0 amide bonds. The van der Waals surface area contributed by atoms with E-state index in [1.165, 1.54) is 29.1 Å². The number of H-pyrrole nitrogens is 1. The molecule has 3 rings (SSSR count). The molecule has 0 saturated carbocycles. The molecule has 0 aliphatic heterocycles. The number of aromatic amines is 1. The molecule has 0 aliphatic carbocycles. The Morgan fingerprint density at radius 1 is 1.09 bits per heavy atom. The Morgan fingerprint density at radius 2 is 1.84 bits per heavy atom. The number of nitro benzene ring substituents is 1. The van der Waals surface area contributed by atoms with E-state index in [0.717, 1.165) is 18.0 Å². The van der Waals surface area contributed by atoms with E-state index in [0.29, 0.717) is 19.0 Å². The second-order valence-corrected chi connectivity index (χ2v) is 8.45. The van der Waals surface area contributed by atoms with Crippen molar-refractivity contribution in [3.8, 4) is 0 Å². The smallest absolute Gasteiger partial charge is 0.270 e. The lowest BCUT2D eigenvalue weighted by Crippen LogP contribution is -2.42. The van der Waals surface area contributed by atoms with E-state index in [1.54, 1.807) is 7.05 Å². The molecule has 0 unspecified atom stereocenters. The third-order valence-corrected chi connectivity index (χ3v) is 6.09. The maximum absolute atomic E-state index is 12.3. The van der Waals surface area contributed by atoms with Crippen molar-refractivity contribution in [1.29, 1.82) is 0 Å². The van der Waals surface area contributed by atoms with Gasteiger partial charge in [0.05, 0.1) is 9.82 Å². The number of rotatable bonds is 9. The molecule has 0 radical (unpaired) electrons. The maximum atomic E-state index is 12.3. The number of aromatic nitrogens is 1. The summed E-state index contributed by atoms with van der Waals surface area (Å²) in [6.45, 7) is 1.04. The fourth-order valence-electron chi connectivity index (χ4n) is 3.09. The first kappa shape index (κ1) is 25.5. The molecule has 1 heterocycles. The molecule has 0 saturated heterocycles. The molecule has 32 heavy (non-hydrogen) atoms. The van der Waals surface area contributed by atoms with Crippen molar-refractivity contribution in [1.82, 2.24) is 20.3 Å². The van der Waals surface area contributed by atoms with Crippen molar-refractivity contribution in [3.05, 3.63) is 70.4 Å². The molecule has 12 heteroatoms. The number of nitrogens with zero attached hydrogens (tertiary/aromatic N) is 2. The largest absolute Gasteiger partial charge is 0.361 e. The minimum Gasteiger partial charge on any atom is -0.361 e. The summed E-state index contributed by atoms with van der Waals surface area (Å²) >= 11 is 0. The molecular weight excluding hydrogens is 547 g/mol. The Morgan fingerprint density at radius 3 is 2.59 bits per heavy atom. The summed E-state index contributed by atoms with van der Waals surface area (Å²) in [7, 11) is -2.21. The highest BCUT2D eigenvalue weighted by atomic mass is 127. The third kappa shape index (κ3) is 6.64. The monoisotopic (exact) mass is 572 g/mol. The molecule has 0 spiro atoms. The Kier molecular flexibility index (Phi) is 9.41. The van der Waals surface area contributed by atoms with Gasteiger partial charge in [-0.2, -0.15) is 0 Å². The van der Waals surface area contributed by atoms with Gasteiger partial charge in [-0.05, 0) is 24.1 Å². The molecule has 1 aromatic heterocycles. The van der Waals surface area contributed by atoms with E-state index in [9.17, 15) is 18.5 Å². The molecule has 172 valence electrons. The van der Waals surface area contributed by atoms with Gasteiger partial charge in [0.25, 0.3) is 5.69 Å². The lowest BCUT2D eigenvalue weighted by atomic mass is 10.1. The zero-order valence-electron chi connectivity index (χ0n) is 17.4. The molecule has 0 fully saturated rings. The van der Waals surface area contributed by atoms with Crippen molar-refractivity contribution in [3.63, 3.8) is 0 Å². The number of fused-ring (bicyclic) bond motifs is 1. The number of sulfonamides is 1. The van der Waals surface area contributed by atoms with Crippen LogP contribution in [-0.2, 0) is 16.4 Å². The van der Waals surface area contributed by atoms with Crippen molar-refractivity contribution in [2.75, 3.05) is 26.7 Å². The van der Waals surface area contributed by atoms with Crippen molar-refractivity contribution in [2.45, 2.75) is 11.3 Å². The number of para-hydroxylation sites is 1. The van der Waals surface area contributed by atoms with Gasteiger partial charge in [0.1, 0.15) is 0 Å². The van der Waals surface area contributed by atoms with Crippen LogP contribution in [-0.4, -0.2) is 51.0 Å². The number of nitro groups is 1. The van der Waals surface area contributed by atoms with Crippen LogP contribution in [0.2, 0.25) is 0 Å². The van der Waals surface area contributed by atoms with E-state index in [-0.39, 0.29) is 41.1 Å². The van der Waals surface area contributed by atoms with Crippen molar-refractivity contribution in [2.24, 2.45) is 4.99 Å². The third-order valence-electron chi connectivity index (χ3n) is 4.63. The summed E-state index contributed by atoms with van der Waals surface area (Å²) < 4.78 is 27.1. The van der Waals surface area contributed by atoms with E-state index >= 15 is 0 Å². The Labute approximate surface area is 203 Å². The van der Waals surface area contributed by atoms with Gasteiger partial charge in [-0.1, -0.05) is 24.3 Å². The van der Waals surface area contributed by atoms with Crippen LogP contribution in [0.1, 0.15) is 5.56 Å². The highest BCUT2D eigenvalue weighted by Gasteiger charge is 2.17. The van der Waals surface area contributed by atoms with Gasteiger partial charge in [-0.25, -0.2) is 13.1 Å². The highest BCUT2D eigenvalue weighted by Crippen LogP contribution is 2.18. The second-order valence-electron chi connectivity index (χ2n) is 6.69. The second kappa shape index (κ2) is 11.8. The van der Waals surface area contributed by atoms with Gasteiger partial charge >= 0.3 is 0 Å². The van der Waals surface area contributed by atoms with Crippen LogP contribution in [0, 0.1) is 10.1 Å². The molecule has 0 aliphatic rings. The lowest BCUT2D eigenvalue weighted by Gasteiger charge is -2.12. The zero-order chi connectivity index (χ0) is 22.3. The van der Waals surface area contributed by atoms with Gasteiger partial charge in [-0.3, -0.25) is 15.1 Å². The van der Waals surface area contributed by atoms with Gasteiger partial charge in [0.2, 0.25) is 10.0 Å². The summed E-state index contributed by atoms with van der Waals surface area (Å²) in [5, 5.41) is 18.2. The SMILES string of the molecule is CN=C(NCCNS(=O)(=O)c1cccc([N+](=O)[O-])c1)NCCc1c[nH]c2ccccc12.I. The average molecular weight is 572 g/mol. The van der Waals surface area contributed by atoms with Gasteiger partial charge in [0.15, 0.2) is 5.96 Å². The molecule has 0 bridgehead atoms. The summed E-state index contributed by atoms with van der Waals surface area (Å²) in [6, 6.07) is 13.0. The number of nitrogens with one attached hydrogen (secondary N) is 4. The molecular formula is C20H25IN6O4S. The van der Waals surface area contributed by atoms with Crippen LogP contribution in [0.5, 0.6) is 0 Å². The summed E-state index contributed by atoms with van der Waals surface area (Å²) in [5.41, 5.74) is 2.01.